The molecule has 1 rings (SSSR count). The third-order valence-corrected chi connectivity index (χ3v) is 3.35. The highest BCUT2D eigenvalue weighted by molar-refractivity contribution is 5.80. The molecule has 2 unspecified atom stereocenters. The van der Waals surface area contributed by atoms with Gasteiger partial charge in [-0.15, -0.1) is 0 Å². The fourth-order valence-electron chi connectivity index (χ4n) is 2.30. The summed E-state index contributed by atoms with van der Waals surface area (Å²) in [5, 5.41) is 12.5. The van der Waals surface area contributed by atoms with E-state index in [0.29, 0.717) is 12.6 Å². The van der Waals surface area contributed by atoms with E-state index in [4.69, 9.17) is 5.11 Å². The molecule has 100 valence electrons. The fourth-order valence-corrected chi connectivity index (χ4v) is 2.30. The van der Waals surface area contributed by atoms with Gasteiger partial charge in [-0.1, -0.05) is 0 Å². The van der Waals surface area contributed by atoms with Crippen molar-refractivity contribution in [2.24, 2.45) is 0 Å². The number of carbonyl (C=O) groups is 1. The number of aliphatic hydroxyl groups is 1. The van der Waals surface area contributed by atoms with Crippen LogP contribution in [0.4, 0.5) is 0 Å². The van der Waals surface area contributed by atoms with E-state index < -0.39 is 0 Å². The van der Waals surface area contributed by atoms with Crippen LogP contribution in [0.3, 0.4) is 0 Å². The van der Waals surface area contributed by atoms with Gasteiger partial charge in [-0.2, -0.15) is 0 Å². The Morgan fingerprint density at radius 1 is 1.53 bits per heavy atom. The largest absolute Gasteiger partial charge is 0.395 e. The van der Waals surface area contributed by atoms with E-state index in [0.717, 1.165) is 19.5 Å². The number of rotatable bonds is 6. The van der Waals surface area contributed by atoms with Gasteiger partial charge in [-0.3, -0.25) is 9.69 Å². The average molecular weight is 243 g/mol. The Hall–Kier alpha value is -0.650. The zero-order valence-electron chi connectivity index (χ0n) is 11.1. The van der Waals surface area contributed by atoms with Crippen LogP contribution in [-0.4, -0.2) is 73.2 Å². The van der Waals surface area contributed by atoms with Gasteiger partial charge in [-0.05, 0) is 26.3 Å². The Morgan fingerprint density at radius 3 is 2.71 bits per heavy atom. The summed E-state index contributed by atoms with van der Waals surface area (Å²) in [5.41, 5.74) is 0. The minimum Gasteiger partial charge on any atom is -0.395 e. The lowest BCUT2D eigenvalue weighted by atomic mass is 10.1. The van der Waals surface area contributed by atoms with Crippen molar-refractivity contribution in [1.29, 1.82) is 0 Å². The lowest BCUT2D eigenvalue weighted by Crippen LogP contribution is -2.49. The van der Waals surface area contributed by atoms with E-state index in [1.165, 1.54) is 6.42 Å². The summed E-state index contributed by atoms with van der Waals surface area (Å²) < 4.78 is 0. The molecule has 1 fully saturated rings. The standard InChI is InChI=1S/C12H25N3O2/c1-10(12(17)14(2)3)15(7-8-16)9-11-5-4-6-13-11/h10-11,13,16H,4-9H2,1-3H3. The molecule has 1 amide bonds. The normalized spacial score (nSPS) is 21.8. The van der Waals surface area contributed by atoms with Crippen LogP contribution in [0.15, 0.2) is 0 Å². The van der Waals surface area contributed by atoms with Crippen molar-refractivity contribution in [3.63, 3.8) is 0 Å². The number of hydrogen-bond acceptors (Lipinski definition) is 4. The van der Waals surface area contributed by atoms with Crippen LogP contribution in [0, 0.1) is 0 Å². The van der Waals surface area contributed by atoms with E-state index in [9.17, 15) is 4.79 Å². The molecular formula is C12H25N3O2. The van der Waals surface area contributed by atoms with E-state index in [-0.39, 0.29) is 18.6 Å². The van der Waals surface area contributed by atoms with Gasteiger partial charge in [0.2, 0.25) is 5.91 Å². The van der Waals surface area contributed by atoms with Crippen LogP contribution in [-0.2, 0) is 4.79 Å². The average Bonchev–Trinajstić information content (AvgIpc) is 2.79. The van der Waals surface area contributed by atoms with Crippen molar-refractivity contribution in [2.75, 3.05) is 40.3 Å². The van der Waals surface area contributed by atoms with Crippen LogP contribution >= 0.6 is 0 Å². The highest BCUT2D eigenvalue weighted by Crippen LogP contribution is 2.10. The fraction of sp³-hybridized carbons (Fsp3) is 0.917. The van der Waals surface area contributed by atoms with Crippen molar-refractivity contribution in [3.05, 3.63) is 0 Å². The molecule has 2 N–H and O–H groups in total. The summed E-state index contributed by atoms with van der Waals surface area (Å²) >= 11 is 0. The lowest BCUT2D eigenvalue weighted by Gasteiger charge is -2.31. The summed E-state index contributed by atoms with van der Waals surface area (Å²) in [5.74, 6) is 0.0939. The highest BCUT2D eigenvalue weighted by Gasteiger charge is 2.25. The number of amides is 1. The van der Waals surface area contributed by atoms with Crippen molar-refractivity contribution in [3.8, 4) is 0 Å². The topological polar surface area (TPSA) is 55.8 Å². The number of aliphatic hydroxyl groups excluding tert-OH is 1. The molecule has 5 nitrogen and oxygen atoms in total. The molecule has 17 heavy (non-hydrogen) atoms. The summed E-state index contributed by atoms with van der Waals surface area (Å²) in [7, 11) is 3.54. The third kappa shape index (κ3) is 4.26. The number of carbonyl (C=O) groups excluding carboxylic acids is 1. The van der Waals surface area contributed by atoms with E-state index >= 15 is 0 Å². The van der Waals surface area contributed by atoms with Gasteiger partial charge in [0.25, 0.3) is 0 Å². The number of nitrogens with one attached hydrogen (secondary N) is 1. The molecule has 0 aromatic rings. The van der Waals surface area contributed by atoms with Crippen LogP contribution < -0.4 is 5.32 Å². The van der Waals surface area contributed by atoms with Gasteiger partial charge < -0.3 is 15.3 Å². The van der Waals surface area contributed by atoms with Gasteiger partial charge >= 0.3 is 0 Å². The Balaban J connectivity index is 2.53. The first-order chi connectivity index (χ1) is 8.06. The van der Waals surface area contributed by atoms with Crippen LogP contribution in [0.1, 0.15) is 19.8 Å². The van der Waals surface area contributed by atoms with Gasteiger partial charge in [0, 0.05) is 33.2 Å². The Kier molecular flexibility index (Phi) is 5.88. The zero-order valence-corrected chi connectivity index (χ0v) is 11.1. The van der Waals surface area contributed by atoms with E-state index in [1.54, 1.807) is 19.0 Å². The maximum Gasteiger partial charge on any atom is 0.239 e. The molecule has 1 heterocycles. The zero-order chi connectivity index (χ0) is 12.8. The van der Waals surface area contributed by atoms with Crippen molar-refractivity contribution < 1.29 is 9.90 Å². The SMILES string of the molecule is CC(C(=O)N(C)C)N(CCO)CC1CCCN1. The molecule has 0 bridgehead atoms. The van der Waals surface area contributed by atoms with Gasteiger partial charge in [0.15, 0.2) is 0 Å². The molecule has 0 aromatic heterocycles. The Morgan fingerprint density at radius 2 is 2.24 bits per heavy atom. The van der Waals surface area contributed by atoms with Gasteiger partial charge in [-0.25, -0.2) is 0 Å². The number of nitrogens with zero attached hydrogens (tertiary/aromatic N) is 2. The summed E-state index contributed by atoms with van der Waals surface area (Å²) in [4.78, 5) is 15.6. The molecule has 1 aliphatic heterocycles. The Bertz CT molecular complexity index is 240. The molecule has 0 aliphatic carbocycles. The third-order valence-electron chi connectivity index (χ3n) is 3.35. The molecule has 1 aliphatic rings. The summed E-state index contributed by atoms with van der Waals surface area (Å²) in [6.45, 7) is 4.46. The van der Waals surface area contributed by atoms with Crippen LogP contribution in [0.5, 0.6) is 0 Å². The molecule has 0 spiro atoms. The Labute approximate surface area is 104 Å². The first kappa shape index (κ1) is 14.4. The number of hydrogen-bond donors (Lipinski definition) is 2. The molecule has 0 radical (unpaired) electrons. The van der Waals surface area contributed by atoms with Crippen LogP contribution in [0.2, 0.25) is 0 Å². The second-order valence-corrected chi connectivity index (χ2v) is 4.92. The predicted octanol–water partition coefficient (Wildman–Crippen LogP) is -0.491. The van der Waals surface area contributed by atoms with E-state index in [2.05, 4.69) is 10.2 Å². The monoisotopic (exact) mass is 243 g/mol. The summed E-state index contributed by atoms with van der Waals surface area (Å²) in [6.07, 6.45) is 2.36. The highest BCUT2D eigenvalue weighted by atomic mass is 16.3. The van der Waals surface area contributed by atoms with Crippen LogP contribution in [0.25, 0.3) is 0 Å². The molecule has 0 saturated carbocycles. The quantitative estimate of drug-likeness (QED) is 0.661. The molecule has 5 heteroatoms. The molecular weight excluding hydrogens is 218 g/mol. The molecule has 2 atom stereocenters. The molecule has 0 aromatic carbocycles. The predicted molar refractivity (Wildman–Crippen MR) is 67.8 cm³/mol. The number of likely N-dealkylation sites (N-methyl/N-ethyl adjacent to an activating group) is 1. The minimum absolute atomic E-state index is 0.0939. The lowest BCUT2D eigenvalue weighted by molar-refractivity contribution is -0.134. The second kappa shape index (κ2) is 6.93. The van der Waals surface area contributed by atoms with Crippen molar-refractivity contribution in [2.45, 2.75) is 31.8 Å². The van der Waals surface area contributed by atoms with Crippen molar-refractivity contribution >= 4 is 5.91 Å². The summed E-state index contributed by atoms with van der Waals surface area (Å²) in [6, 6.07) is 0.290. The molecule has 1 saturated heterocycles. The maximum absolute atomic E-state index is 11.9. The smallest absolute Gasteiger partial charge is 0.239 e. The first-order valence-corrected chi connectivity index (χ1v) is 6.35. The first-order valence-electron chi connectivity index (χ1n) is 6.35. The maximum atomic E-state index is 11.9. The second-order valence-electron chi connectivity index (χ2n) is 4.92. The van der Waals surface area contributed by atoms with Gasteiger partial charge in [0.05, 0.1) is 12.6 Å². The van der Waals surface area contributed by atoms with E-state index in [1.807, 2.05) is 6.92 Å². The van der Waals surface area contributed by atoms with Gasteiger partial charge in [0.1, 0.15) is 0 Å². The minimum atomic E-state index is -0.167. The van der Waals surface area contributed by atoms with Crippen molar-refractivity contribution in [1.82, 2.24) is 15.1 Å².